The van der Waals surface area contributed by atoms with Gasteiger partial charge in [0.1, 0.15) is 17.6 Å². The molecule has 2 aliphatic heterocycles. The first kappa shape index (κ1) is 20.7. The Morgan fingerprint density at radius 1 is 1.13 bits per heavy atom. The molecule has 1 N–H and O–H groups in total. The zero-order valence-electron chi connectivity index (χ0n) is 18.0. The summed E-state index contributed by atoms with van der Waals surface area (Å²) in [7, 11) is 3.82. The van der Waals surface area contributed by atoms with Gasteiger partial charge in [0.25, 0.3) is 0 Å². The van der Waals surface area contributed by atoms with Crippen molar-refractivity contribution in [3.8, 4) is 11.5 Å². The summed E-state index contributed by atoms with van der Waals surface area (Å²) in [6.45, 7) is 1.87. The fourth-order valence-electron chi connectivity index (χ4n) is 4.99. The zero-order chi connectivity index (χ0) is 21.3. The molecular weight excluding hydrogens is 378 g/mol. The maximum atomic E-state index is 13.0. The lowest BCUT2D eigenvalue weighted by molar-refractivity contribution is -0.153. The Kier molecular flexibility index (Phi) is 6.00. The molecule has 2 aliphatic rings. The number of fused-ring (bicyclic) bond motifs is 2. The Balaban J connectivity index is 1.48. The van der Waals surface area contributed by atoms with Crippen LogP contribution >= 0.6 is 0 Å². The molecule has 0 saturated carbocycles. The first-order valence-electron chi connectivity index (χ1n) is 10.8. The topological polar surface area (TPSA) is 59.0 Å². The number of methoxy groups -OCH3 is 1. The van der Waals surface area contributed by atoms with E-state index in [4.69, 9.17) is 9.47 Å². The Bertz CT molecular complexity index is 881. The van der Waals surface area contributed by atoms with Crippen LogP contribution in [0.1, 0.15) is 55.2 Å². The quantitative estimate of drug-likeness (QED) is 0.723. The molecule has 3 unspecified atom stereocenters. The summed E-state index contributed by atoms with van der Waals surface area (Å²) in [5, 5.41) is 10.5. The molecular formula is C25H31NO4. The second-order valence-electron chi connectivity index (χ2n) is 8.67. The van der Waals surface area contributed by atoms with Gasteiger partial charge in [-0.1, -0.05) is 24.3 Å². The average Bonchev–Trinajstić information content (AvgIpc) is 2.95. The first-order valence-corrected chi connectivity index (χ1v) is 10.8. The minimum Gasteiger partial charge on any atom is -0.508 e. The number of benzene rings is 2. The van der Waals surface area contributed by atoms with Crippen LogP contribution in [0.3, 0.4) is 0 Å². The predicted octanol–water partition coefficient (Wildman–Crippen LogP) is 4.26. The van der Waals surface area contributed by atoms with Crippen molar-refractivity contribution in [3.63, 3.8) is 0 Å². The van der Waals surface area contributed by atoms with Crippen molar-refractivity contribution in [3.05, 3.63) is 59.2 Å². The van der Waals surface area contributed by atoms with E-state index in [1.165, 1.54) is 12.8 Å². The third kappa shape index (κ3) is 4.17. The number of hydrogen-bond donors (Lipinski definition) is 1. The second-order valence-corrected chi connectivity index (χ2v) is 8.67. The van der Waals surface area contributed by atoms with Crippen LogP contribution in [0.2, 0.25) is 0 Å². The summed E-state index contributed by atoms with van der Waals surface area (Å²) in [5.41, 5.74) is 2.65. The molecule has 160 valence electrons. The van der Waals surface area contributed by atoms with Crippen LogP contribution in [-0.4, -0.2) is 48.3 Å². The number of aromatic hydroxyl groups is 1. The molecule has 2 bridgehead atoms. The molecule has 3 atom stereocenters. The molecule has 2 aromatic carbocycles. The van der Waals surface area contributed by atoms with Gasteiger partial charge in [-0.3, -0.25) is 4.79 Å². The molecule has 4 rings (SSSR count). The Hall–Kier alpha value is -2.53. The minimum absolute atomic E-state index is 0.00371. The third-order valence-corrected chi connectivity index (χ3v) is 6.89. The van der Waals surface area contributed by atoms with Gasteiger partial charge in [0, 0.05) is 24.1 Å². The largest absolute Gasteiger partial charge is 0.508 e. The van der Waals surface area contributed by atoms with Crippen molar-refractivity contribution < 1.29 is 19.4 Å². The van der Waals surface area contributed by atoms with Gasteiger partial charge in [0.15, 0.2) is 0 Å². The van der Waals surface area contributed by atoms with Crippen LogP contribution in [0.5, 0.6) is 11.5 Å². The van der Waals surface area contributed by atoms with Crippen LogP contribution < -0.4 is 4.74 Å². The number of nitrogens with zero attached hydrogens (tertiary/aromatic N) is 1. The summed E-state index contributed by atoms with van der Waals surface area (Å²) < 4.78 is 11.2. The van der Waals surface area contributed by atoms with E-state index in [0.717, 1.165) is 35.3 Å². The van der Waals surface area contributed by atoms with Crippen LogP contribution in [0.4, 0.5) is 0 Å². The third-order valence-electron chi connectivity index (χ3n) is 6.89. The Labute approximate surface area is 178 Å². The molecule has 5 nitrogen and oxygen atoms in total. The molecule has 0 amide bonds. The van der Waals surface area contributed by atoms with Crippen LogP contribution in [0.15, 0.2) is 42.5 Å². The van der Waals surface area contributed by atoms with Gasteiger partial charge in [-0.25, -0.2) is 0 Å². The smallest absolute Gasteiger partial charge is 0.313 e. The van der Waals surface area contributed by atoms with Gasteiger partial charge in [0.05, 0.1) is 13.0 Å². The number of phenols is 1. The van der Waals surface area contributed by atoms with Gasteiger partial charge in [-0.15, -0.1) is 0 Å². The van der Waals surface area contributed by atoms with Crippen LogP contribution in [0, 0.1) is 0 Å². The predicted molar refractivity (Wildman–Crippen MR) is 116 cm³/mol. The van der Waals surface area contributed by atoms with E-state index in [-0.39, 0.29) is 17.8 Å². The molecule has 2 heterocycles. The average molecular weight is 410 g/mol. The van der Waals surface area contributed by atoms with E-state index in [9.17, 15) is 9.90 Å². The number of ether oxygens (including phenoxy) is 2. The fourth-order valence-corrected chi connectivity index (χ4v) is 4.99. The van der Waals surface area contributed by atoms with Gasteiger partial charge >= 0.3 is 5.97 Å². The number of phenolic OH excluding ortho intramolecular Hbond substituents is 1. The molecule has 5 heteroatoms. The molecule has 2 aromatic rings. The SMILES string of the molecule is COc1ccc(Cc2c(O)cccc2C(C)C(=O)OC2CC3CCC(C2)N3C)cc1. The lowest BCUT2D eigenvalue weighted by atomic mass is 9.91. The first-order chi connectivity index (χ1) is 14.5. The van der Waals surface area contributed by atoms with Crippen molar-refractivity contribution in [2.45, 2.75) is 63.1 Å². The van der Waals surface area contributed by atoms with E-state index in [1.807, 2.05) is 37.3 Å². The summed E-state index contributed by atoms with van der Waals surface area (Å²) in [4.78, 5) is 15.4. The number of carbonyl (C=O) groups is 1. The molecule has 2 fully saturated rings. The lowest BCUT2D eigenvalue weighted by Gasteiger charge is -2.36. The standard InChI is InChI=1S/C25H31NO4/c1-16(25(28)30-21-14-18-9-10-19(15-21)26(18)2)22-5-4-6-24(27)23(22)13-17-7-11-20(29-3)12-8-17/h4-8,11-12,16,18-19,21,27H,9-10,13-15H2,1-3H3. The van der Waals surface area contributed by atoms with E-state index in [2.05, 4.69) is 11.9 Å². The maximum absolute atomic E-state index is 13.0. The van der Waals surface area contributed by atoms with Crippen molar-refractivity contribution in [2.75, 3.05) is 14.2 Å². The van der Waals surface area contributed by atoms with Gasteiger partial charge < -0.3 is 19.5 Å². The number of esters is 1. The van der Waals surface area contributed by atoms with Gasteiger partial charge in [-0.2, -0.15) is 0 Å². The number of rotatable bonds is 6. The number of hydrogen-bond acceptors (Lipinski definition) is 5. The van der Waals surface area contributed by atoms with E-state index >= 15 is 0 Å². The maximum Gasteiger partial charge on any atom is 0.313 e. The van der Waals surface area contributed by atoms with Crippen molar-refractivity contribution in [1.29, 1.82) is 0 Å². The van der Waals surface area contributed by atoms with E-state index < -0.39 is 5.92 Å². The summed E-state index contributed by atoms with van der Waals surface area (Å²) in [6.07, 6.45) is 4.78. The molecule has 0 aromatic heterocycles. The summed E-state index contributed by atoms with van der Waals surface area (Å²) in [6, 6.07) is 14.2. The highest BCUT2D eigenvalue weighted by Gasteiger charge is 2.40. The van der Waals surface area contributed by atoms with E-state index in [0.29, 0.717) is 18.5 Å². The monoisotopic (exact) mass is 409 g/mol. The van der Waals surface area contributed by atoms with Gasteiger partial charge in [0.2, 0.25) is 0 Å². The number of carbonyl (C=O) groups excluding carboxylic acids is 1. The molecule has 30 heavy (non-hydrogen) atoms. The molecule has 0 radical (unpaired) electrons. The summed E-state index contributed by atoms with van der Waals surface area (Å²) in [5.74, 6) is 0.369. The van der Waals surface area contributed by atoms with Crippen molar-refractivity contribution >= 4 is 5.97 Å². The molecule has 0 spiro atoms. The van der Waals surface area contributed by atoms with Crippen LogP contribution in [-0.2, 0) is 16.0 Å². The van der Waals surface area contributed by atoms with Crippen molar-refractivity contribution in [1.82, 2.24) is 4.90 Å². The highest BCUT2D eigenvalue weighted by molar-refractivity contribution is 5.79. The van der Waals surface area contributed by atoms with Crippen molar-refractivity contribution in [2.24, 2.45) is 0 Å². The zero-order valence-corrected chi connectivity index (χ0v) is 18.0. The minimum atomic E-state index is -0.428. The van der Waals surface area contributed by atoms with Crippen LogP contribution in [0.25, 0.3) is 0 Å². The Morgan fingerprint density at radius 2 is 1.80 bits per heavy atom. The fraction of sp³-hybridized carbons (Fsp3) is 0.480. The Morgan fingerprint density at radius 3 is 2.43 bits per heavy atom. The lowest BCUT2D eigenvalue weighted by Crippen LogP contribution is -2.43. The van der Waals surface area contributed by atoms with E-state index in [1.54, 1.807) is 19.2 Å². The highest BCUT2D eigenvalue weighted by atomic mass is 16.5. The normalized spacial score (nSPS) is 24.4. The highest BCUT2D eigenvalue weighted by Crippen LogP contribution is 2.37. The number of piperidine rings is 1. The molecule has 0 aliphatic carbocycles. The van der Waals surface area contributed by atoms with Gasteiger partial charge in [-0.05, 0) is 69.0 Å². The molecule has 2 saturated heterocycles. The second kappa shape index (κ2) is 8.68. The summed E-state index contributed by atoms with van der Waals surface area (Å²) >= 11 is 0.